The number of anilines is 1. The summed E-state index contributed by atoms with van der Waals surface area (Å²) < 4.78 is 5.59. The van der Waals surface area contributed by atoms with Gasteiger partial charge in [-0.3, -0.25) is 14.9 Å². The molecule has 138 valence electrons. The minimum absolute atomic E-state index is 0.116. The number of amides is 1. The number of nitro groups is 1. The number of halogens is 2. The molecule has 0 aromatic heterocycles. The first-order valence-corrected chi connectivity index (χ1v) is 8.85. The molecule has 2 rings (SSSR count). The molecule has 0 bridgehead atoms. The third-order valence-corrected chi connectivity index (χ3v) is 4.13. The van der Waals surface area contributed by atoms with Crippen LogP contribution in [0.1, 0.15) is 36.5 Å². The predicted molar refractivity (Wildman–Crippen MR) is 103 cm³/mol. The first kappa shape index (κ1) is 20.0. The molecular weight excluding hydrogens is 379 g/mol. The number of hydrogen-bond acceptors (Lipinski definition) is 4. The molecule has 0 atom stereocenters. The van der Waals surface area contributed by atoms with Crippen LogP contribution in [0, 0.1) is 10.1 Å². The van der Waals surface area contributed by atoms with Crippen LogP contribution >= 0.6 is 23.2 Å². The Morgan fingerprint density at radius 2 is 1.88 bits per heavy atom. The fraction of sp³-hybridized carbons (Fsp3) is 0.278. The average molecular weight is 397 g/mol. The van der Waals surface area contributed by atoms with Gasteiger partial charge in [-0.15, -0.1) is 0 Å². The first-order chi connectivity index (χ1) is 12.4. The van der Waals surface area contributed by atoms with Gasteiger partial charge >= 0.3 is 0 Å². The van der Waals surface area contributed by atoms with Crippen molar-refractivity contribution in [2.45, 2.75) is 26.2 Å². The van der Waals surface area contributed by atoms with E-state index in [9.17, 15) is 14.9 Å². The summed E-state index contributed by atoms with van der Waals surface area (Å²) in [6, 6.07) is 8.56. The Hall–Kier alpha value is -2.31. The van der Waals surface area contributed by atoms with E-state index in [1.54, 1.807) is 6.07 Å². The van der Waals surface area contributed by atoms with Crippen LogP contribution in [0.15, 0.2) is 36.4 Å². The maximum absolute atomic E-state index is 12.4. The number of ether oxygens (including phenoxy) is 1. The Labute approximate surface area is 161 Å². The number of rotatable bonds is 8. The normalized spacial score (nSPS) is 10.4. The van der Waals surface area contributed by atoms with Gasteiger partial charge in [0.2, 0.25) is 0 Å². The molecule has 2 aromatic carbocycles. The number of nitrogens with zero attached hydrogens (tertiary/aromatic N) is 1. The number of carbonyl (C=O) groups is 1. The molecule has 0 saturated carbocycles. The van der Waals surface area contributed by atoms with Gasteiger partial charge in [0.15, 0.2) is 5.75 Å². The molecule has 8 heteroatoms. The highest BCUT2D eigenvalue weighted by atomic mass is 35.5. The van der Waals surface area contributed by atoms with Crippen LogP contribution in [-0.4, -0.2) is 17.4 Å². The molecule has 26 heavy (non-hydrogen) atoms. The van der Waals surface area contributed by atoms with Crippen molar-refractivity contribution in [3.05, 3.63) is 62.1 Å². The molecule has 1 amide bonds. The van der Waals surface area contributed by atoms with Crippen molar-refractivity contribution in [2.24, 2.45) is 0 Å². The zero-order valence-electron chi connectivity index (χ0n) is 14.1. The molecule has 6 nitrogen and oxygen atoms in total. The second kappa shape index (κ2) is 9.40. The fourth-order valence-electron chi connectivity index (χ4n) is 2.26. The van der Waals surface area contributed by atoms with Crippen molar-refractivity contribution in [1.82, 2.24) is 0 Å². The van der Waals surface area contributed by atoms with Gasteiger partial charge in [0.1, 0.15) is 0 Å². The summed E-state index contributed by atoms with van der Waals surface area (Å²) in [4.78, 5) is 22.6. The Balaban J connectivity index is 2.12. The lowest BCUT2D eigenvalue weighted by Gasteiger charge is -2.12. The average Bonchev–Trinajstić information content (AvgIpc) is 2.60. The van der Waals surface area contributed by atoms with Gasteiger partial charge in [-0.05, 0) is 24.6 Å². The third kappa shape index (κ3) is 5.34. The maximum Gasteiger partial charge on any atom is 0.271 e. The molecule has 0 aliphatic heterocycles. The molecule has 0 spiro atoms. The van der Waals surface area contributed by atoms with E-state index in [4.69, 9.17) is 27.9 Å². The molecule has 0 saturated heterocycles. The van der Waals surface area contributed by atoms with Crippen LogP contribution in [0.5, 0.6) is 5.75 Å². The van der Waals surface area contributed by atoms with E-state index in [1.165, 1.54) is 30.3 Å². The van der Waals surface area contributed by atoms with Crippen LogP contribution in [-0.2, 0) is 0 Å². The van der Waals surface area contributed by atoms with Crippen LogP contribution in [0.2, 0.25) is 10.0 Å². The number of carbonyl (C=O) groups excluding carboxylic acids is 1. The monoisotopic (exact) mass is 396 g/mol. The number of benzene rings is 2. The summed E-state index contributed by atoms with van der Waals surface area (Å²) in [5.41, 5.74) is 0.415. The number of unbranched alkanes of at least 4 members (excludes halogenated alkanes) is 2. The van der Waals surface area contributed by atoms with Crippen molar-refractivity contribution >= 4 is 40.5 Å². The SMILES string of the molecule is CCCCCOc1c(Cl)cc(C(=O)Nc2cccc([N+](=O)[O-])c2)cc1Cl. The van der Waals surface area contributed by atoms with E-state index >= 15 is 0 Å². The molecule has 0 fully saturated rings. The number of nitro benzene ring substituents is 1. The van der Waals surface area contributed by atoms with E-state index in [1.807, 2.05) is 0 Å². The zero-order chi connectivity index (χ0) is 19.1. The molecule has 0 radical (unpaired) electrons. The summed E-state index contributed by atoms with van der Waals surface area (Å²) >= 11 is 12.4. The van der Waals surface area contributed by atoms with Gasteiger partial charge in [0, 0.05) is 23.4 Å². The van der Waals surface area contributed by atoms with E-state index in [2.05, 4.69) is 12.2 Å². The van der Waals surface area contributed by atoms with E-state index in [0.29, 0.717) is 18.0 Å². The molecular formula is C18H18Cl2N2O4. The summed E-state index contributed by atoms with van der Waals surface area (Å²) in [5.74, 6) is -0.136. The van der Waals surface area contributed by atoms with Crippen LogP contribution in [0.3, 0.4) is 0 Å². The van der Waals surface area contributed by atoms with Crippen molar-refractivity contribution < 1.29 is 14.5 Å². The molecule has 0 unspecified atom stereocenters. The molecule has 2 aromatic rings. The van der Waals surface area contributed by atoms with Crippen LogP contribution < -0.4 is 10.1 Å². The van der Waals surface area contributed by atoms with Crippen molar-refractivity contribution in [2.75, 3.05) is 11.9 Å². The smallest absolute Gasteiger partial charge is 0.271 e. The zero-order valence-corrected chi connectivity index (χ0v) is 15.6. The Kier molecular flexibility index (Phi) is 7.24. The van der Waals surface area contributed by atoms with Gasteiger partial charge in [-0.2, -0.15) is 0 Å². The van der Waals surface area contributed by atoms with E-state index in [0.717, 1.165) is 19.3 Å². The number of non-ortho nitro benzene ring substituents is 1. The van der Waals surface area contributed by atoms with Crippen molar-refractivity contribution in [1.29, 1.82) is 0 Å². The predicted octanol–water partition coefficient (Wildman–Crippen LogP) is 5.72. The van der Waals surface area contributed by atoms with E-state index < -0.39 is 10.8 Å². The summed E-state index contributed by atoms with van der Waals surface area (Å²) in [5, 5.41) is 13.9. The van der Waals surface area contributed by atoms with Gasteiger partial charge < -0.3 is 10.1 Å². The number of nitrogens with one attached hydrogen (secondary N) is 1. The highest BCUT2D eigenvalue weighted by Crippen LogP contribution is 2.34. The second-order valence-electron chi connectivity index (χ2n) is 5.59. The van der Waals surface area contributed by atoms with Crippen LogP contribution in [0.25, 0.3) is 0 Å². The van der Waals surface area contributed by atoms with Gasteiger partial charge in [-0.25, -0.2) is 0 Å². The topological polar surface area (TPSA) is 81.5 Å². The van der Waals surface area contributed by atoms with Gasteiger partial charge in [-0.1, -0.05) is 49.0 Å². The van der Waals surface area contributed by atoms with Gasteiger partial charge in [0.05, 0.1) is 21.6 Å². The summed E-state index contributed by atoms with van der Waals surface area (Å²) in [7, 11) is 0. The van der Waals surface area contributed by atoms with E-state index in [-0.39, 0.29) is 21.3 Å². The second-order valence-corrected chi connectivity index (χ2v) is 6.40. The standard InChI is InChI=1S/C18H18Cl2N2O4/c1-2-3-4-8-26-17-15(19)9-12(10-16(17)20)18(23)21-13-6-5-7-14(11-13)22(24)25/h5-7,9-11H,2-4,8H2,1H3,(H,21,23). The third-order valence-electron chi connectivity index (χ3n) is 3.57. The highest BCUT2D eigenvalue weighted by molar-refractivity contribution is 6.37. The molecule has 1 N–H and O–H groups in total. The Morgan fingerprint density at radius 1 is 1.19 bits per heavy atom. The highest BCUT2D eigenvalue weighted by Gasteiger charge is 2.15. The van der Waals surface area contributed by atoms with Crippen LogP contribution in [0.4, 0.5) is 11.4 Å². The lowest BCUT2D eigenvalue weighted by Crippen LogP contribution is -2.12. The maximum atomic E-state index is 12.4. The quantitative estimate of drug-likeness (QED) is 0.351. The fourth-order valence-corrected chi connectivity index (χ4v) is 2.85. The molecule has 0 heterocycles. The largest absolute Gasteiger partial charge is 0.490 e. The lowest BCUT2D eigenvalue weighted by molar-refractivity contribution is -0.384. The van der Waals surface area contributed by atoms with Gasteiger partial charge in [0.25, 0.3) is 11.6 Å². The Bertz CT molecular complexity index is 789. The minimum atomic E-state index is -0.534. The Morgan fingerprint density at radius 3 is 2.50 bits per heavy atom. The first-order valence-electron chi connectivity index (χ1n) is 8.10. The molecule has 0 aliphatic rings. The number of hydrogen-bond donors (Lipinski definition) is 1. The summed E-state index contributed by atoms with van der Waals surface area (Å²) in [6.07, 6.45) is 3.00. The lowest BCUT2D eigenvalue weighted by atomic mass is 10.2. The minimum Gasteiger partial charge on any atom is -0.490 e. The molecule has 0 aliphatic carbocycles. The van der Waals surface area contributed by atoms with Crippen molar-refractivity contribution in [3.63, 3.8) is 0 Å². The van der Waals surface area contributed by atoms with Crippen molar-refractivity contribution in [3.8, 4) is 5.75 Å². The summed E-state index contributed by atoms with van der Waals surface area (Å²) in [6.45, 7) is 2.58.